The quantitative estimate of drug-likeness (QED) is 0.599. The summed E-state index contributed by atoms with van der Waals surface area (Å²) in [7, 11) is 0. The molecule has 1 aromatic carbocycles. The minimum atomic E-state index is -1.06. The molecule has 0 aromatic heterocycles. The Balaban J connectivity index is 3.10. The summed E-state index contributed by atoms with van der Waals surface area (Å²) >= 11 is 5.91. The Morgan fingerprint density at radius 3 is 2.35 bits per heavy atom. The van der Waals surface area contributed by atoms with Crippen molar-refractivity contribution in [3.63, 3.8) is 0 Å². The van der Waals surface area contributed by atoms with Crippen LogP contribution in [0.25, 0.3) is 0 Å². The lowest BCUT2D eigenvalue weighted by atomic mass is 9.93. The number of nitro groups is 2. The predicted molar refractivity (Wildman–Crippen MR) is 62.5 cm³/mol. The molecule has 1 aromatic rings. The monoisotopic (exact) mass is 258 g/mol. The van der Waals surface area contributed by atoms with E-state index in [1.54, 1.807) is 24.3 Å². The number of benzene rings is 1. The van der Waals surface area contributed by atoms with Crippen molar-refractivity contribution in [1.82, 2.24) is 0 Å². The SMILES string of the molecule is C[C@H]([C@@H](C[N+](=O)[O-])c1ccccc1Cl)[N+](=O)[O-]. The van der Waals surface area contributed by atoms with Gasteiger partial charge in [0, 0.05) is 21.8 Å². The summed E-state index contributed by atoms with van der Waals surface area (Å²) in [6.07, 6.45) is 0. The molecule has 0 aliphatic heterocycles. The molecular formula is C10H11ClN2O4. The second-order valence-corrected chi connectivity index (χ2v) is 4.08. The van der Waals surface area contributed by atoms with Crippen LogP contribution in [0.15, 0.2) is 24.3 Å². The van der Waals surface area contributed by atoms with E-state index in [-0.39, 0.29) is 0 Å². The van der Waals surface area contributed by atoms with Crippen LogP contribution in [0.5, 0.6) is 0 Å². The van der Waals surface area contributed by atoms with Crippen molar-refractivity contribution in [2.24, 2.45) is 0 Å². The number of rotatable bonds is 5. The summed E-state index contributed by atoms with van der Waals surface area (Å²) in [5, 5.41) is 21.6. The van der Waals surface area contributed by atoms with Crippen molar-refractivity contribution in [3.8, 4) is 0 Å². The smallest absolute Gasteiger partial charge is 0.223 e. The number of hydrogen-bond acceptors (Lipinski definition) is 4. The average Bonchev–Trinajstić information content (AvgIpc) is 2.25. The first-order chi connectivity index (χ1) is 7.93. The van der Waals surface area contributed by atoms with E-state index in [0.717, 1.165) is 0 Å². The summed E-state index contributed by atoms with van der Waals surface area (Å²) in [4.78, 5) is 20.2. The van der Waals surface area contributed by atoms with Gasteiger partial charge >= 0.3 is 0 Å². The topological polar surface area (TPSA) is 86.3 Å². The van der Waals surface area contributed by atoms with Gasteiger partial charge in [0.25, 0.3) is 0 Å². The van der Waals surface area contributed by atoms with Crippen LogP contribution >= 0.6 is 11.6 Å². The minimum Gasteiger partial charge on any atom is -0.265 e. The van der Waals surface area contributed by atoms with Crippen molar-refractivity contribution in [2.75, 3.05) is 6.54 Å². The Morgan fingerprint density at radius 2 is 1.88 bits per heavy atom. The predicted octanol–water partition coefficient (Wildman–Crippen LogP) is 2.37. The molecule has 1 rings (SSSR count). The van der Waals surface area contributed by atoms with Crippen molar-refractivity contribution in [1.29, 1.82) is 0 Å². The van der Waals surface area contributed by atoms with Gasteiger partial charge in [-0.1, -0.05) is 29.8 Å². The van der Waals surface area contributed by atoms with Gasteiger partial charge in [-0.15, -0.1) is 0 Å². The van der Waals surface area contributed by atoms with Gasteiger partial charge < -0.3 is 0 Å². The fourth-order valence-corrected chi connectivity index (χ4v) is 1.87. The summed E-state index contributed by atoms with van der Waals surface area (Å²) in [6, 6.07) is 5.42. The fraction of sp³-hybridized carbons (Fsp3) is 0.400. The molecule has 0 unspecified atom stereocenters. The molecule has 0 saturated carbocycles. The third-order valence-electron chi connectivity index (χ3n) is 2.57. The van der Waals surface area contributed by atoms with Gasteiger partial charge in [-0.2, -0.15) is 0 Å². The second-order valence-electron chi connectivity index (χ2n) is 3.67. The van der Waals surface area contributed by atoms with Crippen molar-refractivity contribution >= 4 is 11.6 Å². The fourth-order valence-electron chi connectivity index (χ4n) is 1.59. The molecule has 0 saturated heterocycles. The second kappa shape index (κ2) is 5.58. The van der Waals surface area contributed by atoms with Crippen molar-refractivity contribution < 1.29 is 9.85 Å². The van der Waals surface area contributed by atoms with Crippen LogP contribution in [-0.4, -0.2) is 22.4 Å². The maximum absolute atomic E-state index is 10.7. The zero-order chi connectivity index (χ0) is 13.0. The molecule has 0 aliphatic carbocycles. The molecule has 0 bridgehead atoms. The van der Waals surface area contributed by atoms with E-state index in [4.69, 9.17) is 11.6 Å². The van der Waals surface area contributed by atoms with E-state index < -0.39 is 28.4 Å². The molecule has 0 spiro atoms. The summed E-state index contributed by atoms with van der Waals surface area (Å²) < 4.78 is 0. The Hall–Kier alpha value is -1.69. The number of halogens is 1. The summed E-state index contributed by atoms with van der Waals surface area (Å²) in [6.45, 7) is 0.837. The molecular weight excluding hydrogens is 248 g/mol. The lowest BCUT2D eigenvalue weighted by Crippen LogP contribution is -2.29. The van der Waals surface area contributed by atoms with Gasteiger partial charge in [0.2, 0.25) is 12.6 Å². The van der Waals surface area contributed by atoms with Gasteiger partial charge in [-0.25, -0.2) is 0 Å². The van der Waals surface area contributed by atoms with Crippen molar-refractivity contribution in [3.05, 3.63) is 55.1 Å². The molecule has 17 heavy (non-hydrogen) atoms. The van der Waals surface area contributed by atoms with E-state index in [1.807, 2.05) is 0 Å². The Kier molecular flexibility index (Phi) is 4.39. The van der Waals surface area contributed by atoms with E-state index in [9.17, 15) is 20.2 Å². The van der Waals surface area contributed by atoms with E-state index in [2.05, 4.69) is 0 Å². The molecule has 0 radical (unpaired) electrons. The molecule has 2 atom stereocenters. The highest BCUT2D eigenvalue weighted by Crippen LogP contribution is 2.28. The zero-order valence-electron chi connectivity index (χ0n) is 9.08. The largest absolute Gasteiger partial charge is 0.265 e. The van der Waals surface area contributed by atoms with Crippen LogP contribution in [0.2, 0.25) is 5.02 Å². The maximum atomic E-state index is 10.7. The number of nitrogens with zero attached hydrogens (tertiary/aromatic N) is 2. The lowest BCUT2D eigenvalue weighted by Gasteiger charge is -2.15. The molecule has 92 valence electrons. The third-order valence-corrected chi connectivity index (χ3v) is 2.91. The molecule has 0 aliphatic rings. The molecule has 0 fully saturated rings. The van der Waals surface area contributed by atoms with Crippen LogP contribution in [-0.2, 0) is 0 Å². The highest BCUT2D eigenvalue weighted by molar-refractivity contribution is 6.31. The highest BCUT2D eigenvalue weighted by Gasteiger charge is 2.33. The first kappa shape index (κ1) is 13.4. The Labute approximate surface area is 103 Å². The van der Waals surface area contributed by atoms with Gasteiger partial charge in [-0.3, -0.25) is 20.2 Å². The van der Waals surface area contributed by atoms with Crippen LogP contribution in [0.3, 0.4) is 0 Å². The maximum Gasteiger partial charge on any atom is 0.223 e. The van der Waals surface area contributed by atoms with Gasteiger partial charge in [-0.05, 0) is 11.6 Å². The number of hydrogen-bond donors (Lipinski definition) is 0. The Morgan fingerprint density at radius 1 is 1.29 bits per heavy atom. The third kappa shape index (κ3) is 3.39. The first-order valence-electron chi connectivity index (χ1n) is 4.93. The van der Waals surface area contributed by atoms with Crippen LogP contribution < -0.4 is 0 Å². The highest BCUT2D eigenvalue weighted by atomic mass is 35.5. The molecule has 7 heteroatoms. The first-order valence-corrected chi connectivity index (χ1v) is 5.31. The normalized spacial score (nSPS) is 14.0. The van der Waals surface area contributed by atoms with E-state index in [1.165, 1.54) is 6.92 Å². The average molecular weight is 259 g/mol. The van der Waals surface area contributed by atoms with Crippen molar-refractivity contribution in [2.45, 2.75) is 18.9 Å². The van der Waals surface area contributed by atoms with E-state index in [0.29, 0.717) is 10.6 Å². The Bertz CT molecular complexity index is 438. The van der Waals surface area contributed by atoms with Crippen LogP contribution in [0.1, 0.15) is 18.4 Å². The summed E-state index contributed by atoms with van der Waals surface area (Å²) in [5.74, 6) is -0.825. The lowest BCUT2D eigenvalue weighted by molar-refractivity contribution is -0.543. The van der Waals surface area contributed by atoms with E-state index >= 15 is 0 Å². The summed E-state index contributed by atoms with van der Waals surface area (Å²) in [5.41, 5.74) is 0.440. The molecule has 6 nitrogen and oxygen atoms in total. The van der Waals surface area contributed by atoms with Gasteiger partial charge in [0.15, 0.2) is 0 Å². The standard InChI is InChI=1S/C10H11ClN2O4/c1-7(13(16)17)9(6-12(14)15)8-4-2-3-5-10(8)11/h2-5,7,9H,6H2,1H3/t7-,9-/m1/s1. The van der Waals surface area contributed by atoms with Crippen LogP contribution in [0, 0.1) is 20.2 Å². The molecule has 0 heterocycles. The molecule has 0 amide bonds. The van der Waals surface area contributed by atoms with Gasteiger partial charge in [0.1, 0.15) is 5.92 Å². The zero-order valence-corrected chi connectivity index (χ0v) is 9.83. The molecule has 0 N–H and O–H groups in total. The van der Waals surface area contributed by atoms with Gasteiger partial charge in [0.05, 0.1) is 0 Å². The van der Waals surface area contributed by atoms with Crippen LogP contribution in [0.4, 0.5) is 0 Å². The minimum absolute atomic E-state index is 0.313.